The topological polar surface area (TPSA) is 75.6 Å². The van der Waals surface area contributed by atoms with Gasteiger partial charge in [-0.3, -0.25) is 9.59 Å². The van der Waals surface area contributed by atoms with Gasteiger partial charge in [0.1, 0.15) is 0 Å². The summed E-state index contributed by atoms with van der Waals surface area (Å²) in [7, 11) is 0. The minimum Gasteiger partial charge on any atom is -0.481 e. The van der Waals surface area contributed by atoms with Crippen LogP contribution in [0.5, 0.6) is 0 Å². The van der Waals surface area contributed by atoms with E-state index in [0.717, 1.165) is 23.7 Å². The molecular formula is C15H19NO4S. The standard InChI is InChI=1S/C15H19NO4S/c17-13(9-21-10-14(18)19)16-8-12-6-7-20-15(12)11-4-2-1-3-5-11/h1-5,12,15H,6-10H2,(H,16,17)(H,18,19)/t12-,15-/m0/s1. The Balaban J connectivity index is 1.77. The Morgan fingerprint density at radius 2 is 2.05 bits per heavy atom. The highest BCUT2D eigenvalue weighted by Gasteiger charge is 2.29. The number of thioether (sulfide) groups is 1. The number of rotatable bonds is 7. The van der Waals surface area contributed by atoms with Gasteiger partial charge >= 0.3 is 5.97 Å². The molecular weight excluding hydrogens is 290 g/mol. The van der Waals surface area contributed by atoms with Crippen LogP contribution in [0.4, 0.5) is 0 Å². The zero-order chi connectivity index (χ0) is 15.1. The molecule has 0 saturated carbocycles. The lowest BCUT2D eigenvalue weighted by atomic mass is 9.95. The average Bonchev–Trinajstić information content (AvgIpc) is 2.94. The molecule has 1 amide bonds. The summed E-state index contributed by atoms with van der Waals surface area (Å²) in [5.74, 6) is -0.635. The minimum absolute atomic E-state index is 0.0261. The Kier molecular flexibility index (Phi) is 6.07. The molecule has 1 aliphatic rings. The summed E-state index contributed by atoms with van der Waals surface area (Å²) in [6.07, 6.45) is 0.945. The first-order chi connectivity index (χ1) is 10.2. The molecule has 1 saturated heterocycles. The van der Waals surface area contributed by atoms with Gasteiger partial charge in [-0.15, -0.1) is 11.8 Å². The van der Waals surface area contributed by atoms with Crippen molar-refractivity contribution in [3.05, 3.63) is 35.9 Å². The van der Waals surface area contributed by atoms with Crippen molar-refractivity contribution in [2.45, 2.75) is 12.5 Å². The van der Waals surface area contributed by atoms with Crippen molar-refractivity contribution < 1.29 is 19.4 Å². The Morgan fingerprint density at radius 3 is 2.76 bits per heavy atom. The van der Waals surface area contributed by atoms with E-state index in [0.29, 0.717) is 13.2 Å². The number of carboxylic acid groups (broad SMARTS) is 1. The van der Waals surface area contributed by atoms with E-state index in [2.05, 4.69) is 5.32 Å². The lowest BCUT2D eigenvalue weighted by molar-refractivity contribution is -0.133. The molecule has 5 nitrogen and oxygen atoms in total. The van der Waals surface area contributed by atoms with Crippen LogP contribution in [0.1, 0.15) is 18.1 Å². The largest absolute Gasteiger partial charge is 0.481 e. The van der Waals surface area contributed by atoms with Gasteiger partial charge < -0.3 is 15.2 Å². The van der Waals surface area contributed by atoms with E-state index < -0.39 is 5.97 Å². The predicted octanol–water partition coefficient (Wildman–Crippen LogP) is 1.70. The van der Waals surface area contributed by atoms with Gasteiger partial charge in [0.15, 0.2) is 0 Å². The summed E-state index contributed by atoms with van der Waals surface area (Å²) in [5, 5.41) is 11.4. The van der Waals surface area contributed by atoms with Gasteiger partial charge in [0, 0.05) is 19.1 Å². The van der Waals surface area contributed by atoms with Crippen LogP contribution in [0.2, 0.25) is 0 Å². The molecule has 1 aliphatic heterocycles. The molecule has 1 aromatic carbocycles. The fraction of sp³-hybridized carbons (Fsp3) is 0.467. The first-order valence-corrected chi connectivity index (χ1v) is 8.05. The van der Waals surface area contributed by atoms with Crippen LogP contribution in [0.15, 0.2) is 30.3 Å². The van der Waals surface area contributed by atoms with Crippen molar-refractivity contribution >= 4 is 23.6 Å². The van der Waals surface area contributed by atoms with Crippen LogP contribution in [0, 0.1) is 5.92 Å². The minimum atomic E-state index is -0.902. The summed E-state index contributed by atoms with van der Waals surface area (Å²) in [4.78, 5) is 22.0. The molecule has 0 aliphatic carbocycles. The number of benzene rings is 1. The van der Waals surface area contributed by atoms with Crippen molar-refractivity contribution in [3.8, 4) is 0 Å². The quantitative estimate of drug-likeness (QED) is 0.802. The highest BCUT2D eigenvalue weighted by Crippen LogP contribution is 2.33. The maximum Gasteiger partial charge on any atom is 0.313 e. The Morgan fingerprint density at radius 1 is 1.29 bits per heavy atom. The van der Waals surface area contributed by atoms with Crippen molar-refractivity contribution in [3.63, 3.8) is 0 Å². The van der Waals surface area contributed by atoms with Crippen molar-refractivity contribution in [1.82, 2.24) is 5.32 Å². The van der Waals surface area contributed by atoms with E-state index in [1.54, 1.807) is 0 Å². The molecule has 0 unspecified atom stereocenters. The third-order valence-electron chi connectivity index (χ3n) is 3.36. The molecule has 2 atom stereocenters. The number of aliphatic carboxylic acids is 1. The van der Waals surface area contributed by atoms with Crippen LogP contribution >= 0.6 is 11.8 Å². The summed E-state index contributed by atoms with van der Waals surface area (Å²) in [6, 6.07) is 10.0. The third kappa shape index (κ3) is 5.06. The zero-order valence-electron chi connectivity index (χ0n) is 11.7. The van der Waals surface area contributed by atoms with E-state index in [4.69, 9.17) is 9.84 Å². The van der Waals surface area contributed by atoms with Crippen LogP contribution in [-0.2, 0) is 14.3 Å². The maximum absolute atomic E-state index is 11.7. The number of ether oxygens (including phenoxy) is 1. The molecule has 21 heavy (non-hydrogen) atoms. The fourth-order valence-electron chi connectivity index (χ4n) is 2.38. The zero-order valence-corrected chi connectivity index (χ0v) is 12.5. The van der Waals surface area contributed by atoms with E-state index in [1.807, 2.05) is 30.3 Å². The number of nitrogens with one attached hydrogen (secondary N) is 1. The smallest absolute Gasteiger partial charge is 0.313 e. The SMILES string of the molecule is O=C(O)CSCC(=O)NC[C@@H]1CCO[C@H]1c1ccccc1. The second-order valence-corrected chi connectivity index (χ2v) is 5.93. The van der Waals surface area contributed by atoms with E-state index in [-0.39, 0.29) is 29.4 Å². The molecule has 114 valence electrons. The van der Waals surface area contributed by atoms with Crippen molar-refractivity contribution in [2.75, 3.05) is 24.7 Å². The average molecular weight is 309 g/mol. The van der Waals surface area contributed by atoms with E-state index in [1.165, 1.54) is 0 Å². The van der Waals surface area contributed by atoms with Crippen LogP contribution in [0.3, 0.4) is 0 Å². The van der Waals surface area contributed by atoms with E-state index >= 15 is 0 Å². The normalized spacial score (nSPS) is 21.1. The molecule has 1 heterocycles. The summed E-state index contributed by atoms with van der Waals surface area (Å²) in [5.41, 5.74) is 1.13. The molecule has 6 heteroatoms. The molecule has 0 radical (unpaired) electrons. The Bertz CT molecular complexity index is 480. The van der Waals surface area contributed by atoms with Gasteiger partial charge in [-0.2, -0.15) is 0 Å². The fourth-order valence-corrected chi connectivity index (χ4v) is 2.95. The van der Waals surface area contributed by atoms with E-state index in [9.17, 15) is 9.59 Å². The Labute approximate surface area is 128 Å². The van der Waals surface area contributed by atoms with Gasteiger partial charge in [-0.1, -0.05) is 30.3 Å². The lowest BCUT2D eigenvalue weighted by Crippen LogP contribution is -2.32. The number of hydrogen-bond acceptors (Lipinski definition) is 4. The first kappa shape index (κ1) is 15.9. The maximum atomic E-state index is 11.7. The van der Waals surface area contributed by atoms with Crippen LogP contribution in [-0.4, -0.2) is 41.6 Å². The lowest BCUT2D eigenvalue weighted by Gasteiger charge is -2.19. The van der Waals surface area contributed by atoms with Crippen molar-refractivity contribution in [1.29, 1.82) is 0 Å². The molecule has 0 spiro atoms. The number of carbonyl (C=O) groups is 2. The number of carboxylic acids is 1. The molecule has 2 N–H and O–H groups in total. The summed E-state index contributed by atoms with van der Waals surface area (Å²) >= 11 is 1.11. The van der Waals surface area contributed by atoms with Gasteiger partial charge in [0.25, 0.3) is 0 Å². The molecule has 0 aromatic heterocycles. The predicted molar refractivity (Wildman–Crippen MR) is 81.2 cm³/mol. The second kappa shape index (κ2) is 8.05. The van der Waals surface area contributed by atoms with Gasteiger partial charge in [0.2, 0.25) is 5.91 Å². The van der Waals surface area contributed by atoms with Crippen molar-refractivity contribution in [2.24, 2.45) is 5.92 Å². The van der Waals surface area contributed by atoms with Crippen LogP contribution < -0.4 is 5.32 Å². The molecule has 2 rings (SSSR count). The molecule has 1 aromatic rings. The molecule has 1 fully saturated rings. The summed E-state index contributed by atoms with van der Waals surface area (Å²) in [6.45, 7) is 1.26. The van der Waals surface area contributed by atoms with Gasteiger partial charge in [-0.05, 0) is 12.0 Å². The summed E-state index contributed by atoms with van der Waals surface area (Å²) < 4.78 is 5.76. The number of hydrogen-bond donors (Lipinski definition) is 2. The number of carbonyl (C=O) groups excluding carboxylic acids is 1. The van der Waals surface area contributed by atoms with Crippen LogP contribution in [0.25, 0.3) is 0 Å². The molecule has 0 bridgehead atoms. The monoisotopic (exact) mass is 309 g/mol. The first-order valence-electron chi connectivity index (χ1n) is 6.89. The highest BCUT2D eigenvalue weighted by atomic mass is 32.2. The van der Waals surface area contributed by atoms with Gasteiger partial charge in [0.05, 0.1) is 17.6 Å². The second-order valence-electron chi connectivity index (χ2n) is 4.94. The highest BCUT2D eigenvalue weighted by molar-refractivity contribution is 8.00. The Hall–Kier alpha value is -1.53. The van der Waals surface area contributed by atoms with Gasteiger partial charge in [-0.25, -0.2) is 0 Å². The number of amides is 1. The third-order valence-corrected chi connectivity index (χ3v) is 4.28.